The van der Waals surface area contributed by atoms with Crippen LogP contribution in [0.3, 0.4) is 0 Å². The zero-order valence-corrected chi connectivity index (χ0v) is 13.5. The number of anilines is 1. The molecule has 2 aromatic rings. The van der Waals surface area contributed by atoms with Crippen LogP contribution in [0.4, 0.5) is 11.4 Å². The van der Waals surface area contributed by atoms with Crippen LogP contribution in [0.15, 0.2) is 36.7 Å². The Balaban J connectivity index is 1.68. The number of rotatable bonds is 7. The van der Waals surface area contributed by atoms with Gasteiger partial charge in [-0.1, -0.05) is 24.6 Å². The molecular weight excluding hydrogens is 308 g/mol. The minimum absolute atomic E-state index is 0.0604. The standard InChI is InChI=1S/C17H22N4O3/c22-9-8-20-12-15(11-18-20)19-16-6-3-5-13(16)10-14-4-1-2-7-17(14)21(23)24/h1-2,4,7,11-13,16,19,22H,3,5-6,8-10H2. The second-order valence-corrected chi connectivity index (χ2v) is 6.25. The first-order valence-electron chi connectivity index (χ1n) is 8.29. The summed E-state index contributed by atoms with van der Waals surface area (Å²) in [6.45, 7) is 0.539. The molecule has 1 aliphatic carbocycles. The Morgan fingerprint density at radius 1 is 1.38 bits per heavy atom. The summed E-state index contributed by atoms with van der Waals surface area (Å²) in [6, 6.07) is 7.29. The summed E-state index contributed by atoms with van der Waals surface area (Å²) in [7, 11) is 0. The summed E-state index contributed by atoms with van der Waals surface area (Å²) < 4.78 is 1.70. The van der Waals surface area contributed by atoms with Gasteiger partial charge in [0.25, 0.3) is 5.69 Å². The van der Waals surface area contributed by atoms with Gasteiger partial charge in [0.05, 0.1) is 30.0 Å². The van der Waals surface area contributed by atoms with Crippen molar-refractivity contribution in [3.63, 3.8) is 0 Å². The molecule has 2 unspecified atom stereocenters. The molecule has 0 aliphatic heterocycles. The summed E-state index contributed by atoms with van der Waals surface area (Å²) in [5.74, 6) is 0.368. The van der Waals surface area contributed by atoms with Crippen LogP contribution in [-0.4, -0.2) is 32.5 Å². The number of benzene rings is 1. The van der Waals surface area contributed by atoms with Crippen molar-refractivity contribution in [3.8, 4) is 0 Å². The number of para-hydroxylation sites is 1. The topological polar surface area (TPSA) is 93.2 Å². The molecule has 128 valence electrons. The lowest BCUT2D eigenvalue weighted by Crippen LogP contribution is -2.25. The quantitative estimate of drug-likeness (QED) is 0.601. The first-order chi connectivity index (χ1) is 11.7. The third-order valence-corrected chi connectivity index (χ3v) is 4.64. The molecule has 1 fully saturated rings. The van der Waals surface area contributed by atoms with Crippen molar-refractivity contribution in [2.75, 3.05) is 11.9 Å². The van der Waals surface area contributed by atoms with Gasteiger partial charge in [0, 0.05) is 23.9 Å². The predicted octanol–water partition coefficient (Wildman–Crippen LogP) is 2.61. The second-order valence-electron chi connectivity index (χ2n) is 6.25. The van der Waals surface area contributed by atoms with E-state index < -0.39 is 0 Å². The van der Waals surface area contributed by atoms with Crippen molar-refractivity contribution in [2.24, 2.45) is 5.92 Å². The molecule has 1 saturated carbocycles. The largest absolute Gasteiger partial charge is 0.394 e. The highest BCUT2D eigenvalue weighted by atomic mass is 16.6. The van der Waals surface area contributed by atoms with E-state index in [0.717, 1.165) is 30.5 Å². The lowest BCUT2D eigenvalue weighted by molar-refractivity contribution is -0.385. The van der Waals surface area contributed by atoms with Gasteiger partial charge in [0.2, 0.25) is 0 Å². The summed E-state index contributed by atoms with van der Waals surface area (Å²) in [4.78, 5) is 10.9. The molecule has 24 heavy (non-hydrogen) atoms. The fraction of sp³-hybridized carbons (Fsp3) is 0.471. The van der Waals surface area contributed by atoms with Crippen LogP contribution >= 0.6 is 0 Å². The van der Waals surface area contributed by atoms with Crippen molar-refractivity contribution in [3.05, 3.63) is 52.3 Å². The smallest absolute Gasteiger partial charge is 0.272 e. The van der Waals surface area contributed by atoms with Gasteiger partial charge in [0.1, 0.15) is 0 Å². The Bertz CT molecular complexity index is 701. The molecule has 0 bridgehead atoms. The van der Waals surface area contributed by atoms with Crippen LogP contribution in [0.25, 0.3) is 0 Å². The van der Waals surface area contributed by atoms with Crippen LogP contribution in [0.5, 0.6) is 0 Å². The Kier molecular flexibility index (Phi) is 5.10. The number of nitrogens with one attached hydrogen (secondary N) is 1. The molecule has 1 heterocycles. The first kappa shape index (κ1) is 16.4. The zero-order chi connectivity index (χ0) is 16.9. The lowest BCUT2D eigenvalue weighted by Gasteiger charge is -2.21. The average molecular weight is 330 g/mol. The van der Waals surface area contributed by atoms with Crippen molar-refractivity contribution in [1.29, 1.82) is 0 Å². The molecule has 0 spiro atoms. The number of hydrogen-bond acceptors (Lipinski definition) is 5. The Morgan fingerprint density at radius 2 is 2.21 bits per heavy atom. The summed E-state index contributed by atoms with van der Waals surface area (Å²) in [6.07, 6.45) is 7.59. The molecule has 3 rings (SSSR count). The normalized spacial score (nSPS) is 20.2. The Labute approximate surface area is 140 Å². The van der Waals surface area contributed by atoms with Gasteiger partial charge < -0.3 is 10.4 Å². The fourth-order valence-electron chi connectivity index (χ4n) is 3.49. The van der Waals surface area contributed by atoms with Crippen molar-refractivity contribution in [1.82, 2.24) is 9.78 Å². The molecule has 1 aromatic carbocycles. The predicted molar refractivity (Wildman–Crippen MR) is 90.9 cm³/mol. The van der Waals surface area contributed by atoms with Gasteiger partial charge in [-0.15, -0.1) is 0 Å². The van der Waals surface area contributed by atoms with E-state index in [9.17, 15) is 10.1 Å². The number of nitro groups is 1. The van der Waals surface area contributed by atoms with Crippen molar-refractivity contribution in [2.45, 2.75) is 38.3 Å². The zero-order valence-electron chi connectivity index (χ0n) is 13.5. The minimum Gasteiger partial charge on any atom is -0.394 e. The van der Waals surface area contributed by atoms with Gasteiger partial charge in [-0.05, 0) is 25.2 Å². The maximum atomic E-state index is 11.2. The number of aliphatic hydroxyl groups is 1. The van der Waals surface area contributed by atoms with Crippen LogP contribution in [0.1, 0.15) is 24.8 Å². The Morgan fingerprint density at radius 3 is 3.00 bits per heavy atom. The van der Waals surface area contributed by atoms with Crippen LogP contribution < -0.4 is 5.32 Å². The van der Waals surface area contributed by atoms with Gasteiger partial charge >= 0.3 is 0 Å². The third-order valence-electron chi connectivity index (χ3n) is 4.64. The van der Waals surface area contributed by atoms with Crippen LogP contribution in [0.2, 0.25) is 0 Å². The molecule has 2 atom stereocenters. The Hall–Kier alpha value is -2.41. The van der Waals surface area contributed by atoms with E-state index in [1.54, 1.807) is 23.0 Å². The number of nitrogens with zero attached hydrogens (tertiary/aromatic N) is 3. The summed E-state index contributed by atoms with van der Waals surface area (Å²) in [5, 5.41) is 27.8. The van der Waals surface area contributed by atoms with E-state index in [1.807, 2.05) is 18.3 Å². The molecule has 0 saturated heterocycles. The molecule has 2 N–H and O–H groups in total. The van der Waals surface area contributed by atoms with E-state index in [2.05, 4.69) is 10.4 Å². The highest BCUT2D eigenvalue weighted by Crippen LogP contribution is 2.33. The van der Waals surface area contributed by atoms with E-state index in [-0.39, 0.29) is 23.3 Å². The number of aromatic nitrogens is 2. The summed E-state index contributed by atoms with van der Waals surface area (Å²) >= 11 is 0. The SMILES string of the molecule is O=[N+]([O-])c1ccccc1CC1CCCC1Nc1cnn(CCO)c1. The lowest BCUT2D eigenvalue weighted by atomic mass is 9.93. The highest BCUT2D eigenvalue weighted by Gasteiger charge is 2.29. The third kappa shape index (κ3) is 3.73. The second kappa shape index (κ2) is 7.44. The number of nitro benzene ring substituents is 1. The van der Waals surface area contributed by atoms with Gasteiger partial charge in [-0.25, -0.2) is 0 Å². The van der Waals surface area contributed by atoms with Gasteiger partial charge in [-0.2, -0.15) is 5.10 Å². The first-order valence-corrected chi connectivity index (χ1v) is 8.29. The molecule has 0 amide bonds. The van der Waals surface area contributed by atoms with Gasteiger partial charge in [0.15, 0.2) is 0 Å². The minimum atomic E-state index is -0.300. The molecular formula is C17H22N4O3. The van der Waals surface area contributed by atoms with E-state index in [4.69, 9.17) is 5.11 Å². The molecule has 7 nitrogen and oxygen atoms in total. The number of aliphatic hydroxyl groups excluding tert-OH is 1. The monoisotopic (exact) mass is 330 g/mol. The highest BCUT2D eigenvalue weighted by molar-refractivity contribution is 5.42. The molecule has 0 radical (unpaired) electrons. The van der Waals surface area contributed by atoms with Crippen molar-refractivity contribution < 1.29 is 10.0 Å². The van der Waals surface area contributed by atoms with Gasteiger partial charge in [-0.3, -0.25) is 14.8 Å². The molecule has 7 heteroatoms. The maximum Gasteiger partial charge on any atom is 0.272 e. The van der Waals surface area contributed by atoms with E-state index >= 15 is 0 Å². The van der Waals surface area contributed by atoms with E-state index in [0.29, 0.717) is 18.9 Å². The van der Waals surface area contributed by atoms with Crippen LogP contribution in [0, 0.1) is 16.0 Å². The fourth-order valence-corrected chi connectivity index (χ4v) is 3.49. The van der Waals surface area contributed by atoms with Crippen molar-refractivity contribution >= 4 is 11.4 Å². The number of hydrogen-bond donors (Lipinski definition) is 2. The summed E-state index contributed by atoms with van der Waals surface area (Å²) in [5.41, 5.74) is 1.94. The average Bonchev–Trinajstić information content (AvgIpc) is 3.19. The maximum absolute atomic E-state index is 11.2. The van der Waals surface area contributed by atoms with Crippen LogP contribution in [-0.2, 0) is 13.0 Å². The molecule has 1 aliphatic rings. The van der Waals surface area contributed by atoms with E-state index in [1.165, 1.54) is 0 Å². The molecule has 1 aromatic heterocycles.